The van der Waals surface area contributed by atoms with Crippen molar-refractivity contribution in [3.63, 3.8) is 0 Å². The van der Waals surface area contributed by atoms with Crippen LogP contribution in [0.25, 0.3) is 0 Å². The number of piperidine rings is 1. The van der Waals surface area contributed by atoms with Gasteiger partial charge in [0.25, 0.3) is 5.91 Å². The van der Waals surface area contributed by atoms with Gasteiger partial charge in [0.2, 0.25) is 0 Å². The predicted octanol–water partition coefficient (Wildman–Crippen LogP) is 4.10. The van der Waals surface area contributed by atoms with Gasteiger partial charge in [-0.2, -0.15) is 0 Å². The third kappa shape index (κ3) is 4.11. The van der Waals surface area contributed by atoms with Crippen LogP contribution in [0.15, 0.2) is 36.7 Å². The lowest BCUT2D eigenvalue weighted by Gasteiger charge is -2.35. The summed E-state index contributed by atoms with van der Waals surface area (Å²) in [5.41, 5.74) is 2.34. The Morgan fingerprint density at radius 3 is 2.46 bits per heavy atom. The van der Waals surface area contributed by atoms with Crippen molar-refractivity contribution in [1.29, 1.82) is 0 Å². The van der Waals surface area contributed by atoms with Gasteiger partial charge in [0.15, 0.2) is 0 Å². The second-order valence-corrected chi connectivity index (χ2v) is 7.71. The van der Waals surface area contributed by atoms with Crippen LogP contribution < -0.4 is 15.1 Å². The minimum absolute atomic E-state index is 0.223. The molecule has 1 atom stereocenters. The fraction of sp³-hybridized carbons (Fsp3) is 0.500. The summed E-state index contributed by atoms with van der Waals surface area (Å²) in [5.74, 6) is 0.650. The molecule has 6 heteroatoms. The quantitative estimate of drug-likeness (QED) is 0.847. The van der Waals surface area contributed by atoms with Crippen LogP contribution >= 0.6 is 0 Å². The van der Waals surface area contributed by atoms with Crippen molar-refractivity contribution in [1.82, 2.24) is 9.97 Å². The molecular weight excluding hydrogens is 350 g/mol. The number of aromatic nitrogens is 2. The maximum absolute atomic E-state index is 12.5. The highest BCUT2D eigenvalue weighted by atomic mass is 16.1. The fourth-order valence-electron chi connectivity index (χ4n) is 4.24. The van der Waals surface area contributed by atoms with Crippen LogP contribution in [0.1, 0.15) is 55.9 Å². The molecule has 6 nitrogen and oxygen atoms in total. The van der Waals surface area contributed by atoms with E-state index in [1.807, 2.05) is 12.1 Å². The molecule has 0 saturated carbocycles. The maximum Gasteiger partial charge on any atom is 0.275 e. The number of carbonyl (C=O) groups excluding carboxylic acids is 1. The Morgan fingerprint density at radius 1 is 1.04 bits per heavy atom. The second-order valence-electron chi connectivity index (χ2n) is 7.71. The van der Waals surface area contributed by atoms with E-state index in [2.05, 4.69) is 44.1 Å². The van der Waals surface area contributed by atoms with Crippen LogP contribution in [0.4, 0.5) is 17.2 Å². The van der Waals surface area contributed by atoms with Gasteiger partial charge in [0.1, 0.15) is 11.5 Å². The molecule has 1 aromatic carbocycles. The smallest absolute Gasteiger partial charge is 0.275 e. The number of anilines is 3. The van der Waals surface area contributed by atoms with Crippen LogP contribution in [0.5, 0.6) is 0 Å². The highest BCUT2D eigenvalue weighted by Crippen LogP contribution is 2.25. The van der Waals surface area contributed by atoms with E-state index < -0.39 is 0 Å². The van der Waals surface area contributed by atoms with Gasteiger partial charge in [-0.1, -0.05) is 6.92 Å². The number of rotatable bonds is 5. The molecule has 148 valence electrons. The first-order valence-corrected chi connectivity index (χ1v) is 10.5. The molecule has 2 fully saturated rings. The molecule has 4 rings (SSSR count). The second kappa shape index (κ2) is 8.59. The van der Waals surface area contributed by atoms with Gasteiger partial charge in [-0.25, -0.2) is 9.97 Å². The molecule has 1 aromatic heterocycles. The minimum Gasteiger partial charge on any atom is -0.372 e. The zero-order valence-corrected chi connectivity index (χ0v) is 16.6. The zero-order chi connectivity index (χ0) is 19.3. The summed E-state index contributed by atoms with van der Waals surface area (Å²) in [6.45, 7) is 5.46. The van der Waals surface area contributed by atoms with E-state index in [0.717, 1.165) is 37.6 Å². The number of hydrogen-bond acceptors (Lipinski definition) is 5. The Kier molecular flexibility index (Phi) is 5.74. The van der Waals surface area contributed by atoms with Gasteiger partial charge in [0, 0.05) is 37.1 Å². The van der Waals surface area contributed by atoms with E-state index in [4.69, 9.17) is 0 Å². The predicted molar refractivity (Wildman–Crippen MR) is 113 cm³/mol. The largest absolute Gasteiger partial charge is 0.372 e. The molecule has 3 heterocycles. The molecule has 0 aliphatic carbocycles. The van der Waals surface area contributed by atoms with E-state index in [1.54, 1.807) is 12.4 Å². The number of nitrogens with one attached hydrogen (secondary N) is 1. The van der Waals surface area contributed by atoms with E-state index in [-0.39, 0.29) is 5.91 Å². The molecule has 1 unspecified atom stereocenters. The normalized spacial score (nSPS) is 19.7. The summed E-state index contributed by atoms with van der Waals surface area (Å²) < 4.78 is 0. The topological polar surface area (TPSA) is 61.4 Å². The Hall–Kier alpha value is -2.63. The van der Waals surface area contributed by atoms with Crippen molar-refractivity contribution >= 4 is 23.1 Å². The summed E-state index contributed by atoms with van der Waals surface area (Å²) >= 11 is 0. The maximum atomic E-state index is 12.5. The van der Waals surface area contributed by atoms with Gasteiger partial charge in [-0.15, -0.1) is 0 Å². The zero-order valence-electron chi connectivity index (χ0n) is 16.6. The molecule has 0 bridgehead atoms. The van der Waals surface area contributed by atoms with Crippen molar-refractivity contribution in [2.24, 2.45) is 0 Å². The molecule has 2 saturated heterocycles. The minimum atomic E-state index is -0.223. The van der Waals surface area contributed by atoms with Crippen molar-refractivity contribution in [2.75, 3.05) is 34.8 Å². The van der Waals surface area contributed by atoms with Gasteiger partial charge in [0.05, 0.1) is 12.4 Å². The molecular formula is C22H29N5O. The van der Waals surface area contributed by atoms with Crippen LogP contribution in [-0.2, 0) is 0 Å². The highest BCUT2D eigenvalue weighted by Gasteiger charge is 2.22. The van der Waals surface area contributed by atoms with Crippen LogP contribution in [0, 0.1) is 0 Å². The third-order valence-corrected chi connectivity index (χ3v) is 5.86. The summed E-state index contributed by atoms with van der Waals surface area (Å²) in [5, 5.41) is 2.92. The molecule has 1 N–H and O–H groups in total. The van der Waals surface area contributed by atoms with E-state index in [9.17, 15) is 4.79 Å². The van der Waals surface area contributed by atoms with E-state index in [0.29, 0.717) is 11.7 Å². The first kappa shape index (κ1) is 18.7. The highest BCUT2D eigenvalue weighted by molar-refractivity contribution is 6.02. The summed E-state index contributed by atoms with van der Waals surface area (Å²) in [6, 6.07) is 8.56. The Labute approximate surface area is 167 Å². The van der Waals surface area contributed by atoms with E-state index >= 15 is 0 Å². The van der Waals surface area contributed by atoms with Crippen LogP contribution in [0.3, 0.4) is 0 Å². The van der Waals surface area contributed by atoms with Gasteiger partial charge in [-0.3, -0.25) is 4.79 Å². The average Bonchev–Trinajstić information content (AvgIpc) is 3.29. The van der Waals surface area contributed by atoms with Crippen LogP contribution in [-0.4, -0.2) is 41.6 Å². The molecule has 2 aromatic rings. The van der Waals surface area contributed by atoms with Crippen LogP contribution in [0.2, 0.25) is 0 Å². The lowest BCUT2D eigenvalue weighted by atomic mass is 10.0. The van der Waals surface area contributed by atoms with Gasteiger partial charge >= 0.3 is 0 Å². The first-order chi connectivity index (χ1) is 13.7. The number of amides is 1. The van der Waals surface area contributed by atoms with E-state index in [1.165, 1.54) is 37.8 Å². The lowest BCUT2D eigenvalue weighted by Crippen LogP contribution is -2.39. The molecule has 1 amide bonds. The molecule has 28 heavy (non-hydrogen) atoms. The third-order valence-electron chi connectivity index (χ3n) is 5.86. The standard InChI is InChI=1S/C22H29N5O/c1-2-18-7-3-4-14-27(18)21-16-23-20(15-24-21)22(28)25-17-8-10-19(11-9-17)26-12-5-6-13-26/h8-11,15-16,18H,2-7,12-14H2,1H3,(H,25,28). The number of nitrogens with zero attached hydrogens (tertiary/aromatic N) is 4. The Bertz CT molecular complexity index is 784. The first-order valence-electron chi connectivity index (χ1n) is 10.5. The summed E-state index contributed by atoms with van der Waals surface area (Å²) in [4.78, 5) is 26.1. The number of hydrogen-bond donors (Lipinski definition) is 1. The molecule has 2 aliphatic heterocycles. The molecule has 2 aliphatic rings. The SMILES string of the molecule is CCC1CCCCN1c1cnc(C(=O)Nc2ccc(N3CCCC3)cc2)cn1. The van der Waals surface area contributed by atoms with Crippen molar-refractivity contribution < 1.29 is 4.79 Å². The van der Waals surface area contributed by atoms with Gasteiger partial charge in [-0.05, 0) is 62.8 Å². The van der Waals surface area contributed by atoms with Gasteiger partial charge < -0.3 is 15.1 Å². The number of carbonyl (C=O) groups is 1. The Balaban J connectivity index is 1.39. The molecule has 0 radical (unpaired) electrons. The Morgan fingerprint density at radius 2 is 1.79 bits per heavy atom. The monoisotopic (exact) mass is 379 g/mol. The average molecular weight is 380 g/mol. The summed E-state index contributed by atoms with van der Waals surface area (Å²) in [7, 11) is 0. The lowest BCUT2D eigenvalue weighted by molar-refractivity contribution is 0.102. The fourth-order valence-corrected chi connectivity index (χ4v) is 4.24. The summed E-state index contributed by atoms with van der Waals surface area (Å²) in [6.07, 6.45) is 10.6. The molecule has 0 spiro atoms. The van der Waals surface area contributed by atoms with Crippen molar-refractivity contribution in [3.05, 3.63) is 42.4 Å². The van der Waals surface area contributed by atoms with Crippen molar-refractivity contribution in [3.8, 4) is 0 Å². The van der Waals surface area contributed by atoms with Crippen molar-refractivity contribution in [2.45, 2.75) is 51.5 Å². The number of benzene rings is 1.